The van der Waals surface area contributed by atoms with Crippen LogP contribution in [0.25, 0.3) is 0 Å². The highest BCUT2D eigenvalue weighted by atomic mass is 16.5. The summed E-state index contributed by atoms with van der Waals surface area (Å²) in [5, 5.41) is 0. The summed E-state index contributed by atoms with van der Waals surface area (Å²) in [6.45, 7) is 11.3. The standard InChI is InChI=1S/C18H31N3O/c1-4-7-15-22-17-11-9-16(10-12-17)18(19)20-13-8-14-21(5-2)6-3/h9-12H,4-8,13-15H2,1-3H3,(H2,19,20). The van der Waals surface area contributed by atoms with Crippen LogP contribution >= 0.6 is 0 Å². The summed E-state index contributed by atoms with van der Waals surface area (Å²) in [6.07, 6.45) is 3.27. The molecular formula is C18H31N3O. The van der Waals surface area contributed by atoms with Crippen LogP contribution in [0.2, 0.25) is 0 Å². The maximum Gasteiger partial charge on any atom is 0.125 e. The van der Waals surface area contributed by atoms with Crippen molar-refractivity contribution in [3.05, 3.63) is 29.8 Å². The number of nitrogens with zero attached hydrogens (tertiary/aromatic N) is 2. The van der Waals surface area contributed by atoms with Crippen LogP contribution in [-0.4, -0.2) is 43.5 Å². The molecule has 1 rings (SSSR count). The topological polar surface area (TPSA) is 50.9 Å². The van der Waals surface area contributed by atoms with Gasteiger partial charge in [-0.15, -0.1) is 0 Å². The van der Waals surface area contributed by atoms with Crippen LogP contribution in [0.15, 0.2) is 29.3 Å². The first-order chi connectivity index (χ1) is 10.7. The van der Waals surface area contributed by atoms with E-state index in [1.54, 1.807) is 0 Å². The third-order valence-corrected chi connectivity index (χ3v) is 3.73. The molecule has 0 bridgehead atoms. The highest BCUT2D eigenvalue weighted by molar-refractivity contribution is 5.97. The Labute approximate surface area is 135 Å². The predicted molar refractivity (Wildman–Crippen MR) is 94.8 cm³/mol. The summed E-state index contributed by atoms with van der Waals surface area (Å²) in [7, 11) is 0. The van der Waals surface area contributed by atoms with Gasteiger partial charge < -0.3 is 15.4 Å². The minimum Gasteiger partial charge on any atom is -0.494 e. The summed E-state index contributed by atoms with van der Waals surface area (Å²) < 4.78 is 5.64. The van der Waals surface area contributed by atoms with Crippen molar-refractivity contribution in [2.45, 2.75) is 40.0 Å². The van der Waals surface area contributed by atoms with Gasteiger partial charge >= 0.3 is 0 Å². The van der Waals surface area contributed by atoms with Crippen LogP contribution in [-0.2, 0) is 0 Å². The molecular weight excluding hydrogens is 274 g/mol. The number of aliphatic imine (C=N–C) groups is 1. The van der Waals surface area contributed by atoms with E-state index >= 15 is 0 Å². The smallest absolute Gasteiger partial charge is 0.125 e. The molecule has 0 fully saturated rings. The molecule has 0 atom stereocenters. The van der Waals surface area contributed by atoms with Crippen molar-refractivity contribution in [1.29, 1.82) is 0 Å². The molecule has 1 aromatic carbocycles. The van der Waals surface area contributed by atoms with E-state index in [4.69, 9.17) is 10.5 Å². The summed E-state index contributed by atoms with van der Waals surface area (Å²) >= 11 is 0. The Kier molecular flexibility index (Phi) is 9.31. The van der Waals surface area contributed by atoms with Gasteiger partial charge in [-0.1, -0.05) is 27.2 Å². The molecule has 0 aliphatic heterocycles. The van der Waals surface area contributed by atoms with E-state index in [0.29, 0.717) is 5.84 Å². The number of hydrogen-bond acceptors (Lipinski definition) is 3. The molecule has 4 heteroatoms. The molecule has 0 aliphatic carbocycles. The molecule has 0 saturated carbocycles. The Hall–Kier alpha value is -1.55. The third kappa shape index (κ3) is 6.94. The summed E-state index contributed by atoms with van der Waals surface area (Å²) in [5.74, 6) is 1.51. The zero-order valence-electron chi connectivity index (χ0n) is 14.3. The lowest BCUT2D eigenvalue weighted by atomic mass is 10.2. The van der Waals surface area contributed by atoms with Crippen molar-refractivity contribution in [3.63, 3.8) is 0 Å². The van der Waals surface area contributed by atoms with Gasteiger partial charge in [0.1, 0.15) is 11.6 Å². The van der Waals surface area contributed by atoms with Crippen LogP contribution in [0.3, 0.4) is 0 Å². The maximum atomic E-state index is 6.04. The SMILES string of the molecule is CCCCOc1ccc(C(N)=NCCCN(CC)CC)cc1. The van der Waals surface area contributed by atoms with Gasteiger partial charge in [0.15, 0.2) is 0 Å². The molecule has 0 aromatic heterocycles. The summed E-state index contributed by atoms with van der Waals surface area (Å²) in [5.41, 5.74) is 7.01. The summed E-state index contributed by atoms with van der Waals surface area (Å²) in [4.78, 5) is 6.86. The van der Waals surface area contributed by atoms with Gasteiger partial charge in [0.05, 0.1) is 6.61 Å². The lowest BCUT2D eigenvalue weighted by molar-refractivity contribution is 0.302. The maximum absolute atomic E-state index is 6.04. The Morgan fingerprint density at radius 3 is 2.36 bits per heavy atom. The van der Waals surface area contributed by atoms with Gasteiger partial charge in [-0.2, -0.15) is 0 Å². The average molecular weight is 305 g/mol. The summed E-state index contributed by atoms with van der Waals surface area (Å²) in [6, 6.07) is 7.88. The second-order valence-electron chi connectivity index (χ2n) is 5.37. The van der Waals surface area contributed by atoms with Crippen LogP contribution in [0.5, 0.6) is 5.75 Å². The fourth-order valence-electron chi connectivity index (χ4n) is 2.18. The van der Waals surface area contributed by atoms with Gasteiger partial charge in [-0.25, -0.2) is 0 Å². The zero-order chi connectivity index (χ0) is 16.2. The fourth-order valence-corrected chi connectivity index (χ4v) is 2.18. The average Bonchev–Trinajstić information content (AvgIpc) is 2.55. The molecule has 4 nitrogen and oxygen atoms in total. The monoisotopic (exact) mass is 305 g/mol. The lowest BCUT2D eigenvalue weighted by Gasteiger charge is -2.16. The van der Waals surface area contributed by atoms with Crippen molar-refractivity contribution in [2.75, 3.05) is 32.8 Å². The Bertz CT molecular complexity index is 424. The largest absolute Gasteiger partial charge is 0.494 e. The molecule has 22 heavy (non-hydrogen) atoms. The minimum absolute atomic E-state index is 0.611. The molecule has 1 aromatic rings. The molecule has 2 N–H and O–H groups in total. The fraction of sp³-hybridized carbons (Fsp3) is 0.611. The van der Waals surface area contributed by atoms with Gasteiger partial charge in [0.2, 0.25) is 0 Å². The minimum atomic E-state index is 0.611. The first-order valence-corrected chi connectivity index (χ1v) is 8.46. The normalized spacial score (nSPS) is 11.9. The van der Waals surface area contributed by atoms with Crippen LogP contribution in [0.4, 0.5) is 0 Å². The van der Waals surface area contributed by atoms with Crippen LogP contribution in [0.1, 0.15) is 45.6 Å². The van der Waals surface area contributed by atoms with E-state index in [1.807, 2.05) is 24.3 Å². The highest BCUT2D eigenvalue weighted by Crippen LogP contribution is 2.12. The Balaban J connectivity index is 2.40. The first kappa shape index (κ1) is 18.5. The molecule has 0 spiro atoms. The quantitative estimate of drug-likeness (QED) is 0.388. The van der Waals surface area contributed by atoms with E-state index in [1.165, 1.54) is 0 Å². The van der Waals surface area contributed by atoms with E-state index in [9.17, 15) is 0 Å². The second-order valence-corrected chi connectivity index (χ2v) is 5.37. The van der Waals surface area contributed by atoms with Crippen molar-refractivity contribution < 1.29 is 4.74 Å². The lowest BCUT2D eigenvalue weighted by Crippen LogP contribution is -2.24. The first-order valence-electron chi connectivity index (χ1n) is 8.46. The van der Waals surface area contributed by atoms with Crippen LogP contribution in [0, 0.1) is 0 Å². The number of amidine groups is 1. The number of nitrogens with two attached hydrogens (primary N) is 1. The molecule has 0 aliphatic rings. The predicted octanol–water partition coefficient (Wildman–Crippen LogP) is 3.30. The van der Waals surface area contributed by atoms with Gasteiger partial charge in [-0.05, 0) is 56.7 Å². The van der Waals surface area contributed by atoms with Gasteiger partial charge in [0, 0.05) is 12.1 Å². The number of ether oxygens (including phenoxy) is 1. The third-order valence-electron chi connectivity index (χ3n) is 3.73. The van der Waals surface area contributed by atoms with Gasteiger partial charge in [0.25, 0.3) is 0 Å². The van der Waals surface area contributed by atoms with Gasteiger partial charge in [-0.3, -0.25) is 4.99 Å². The Morgan fingerprint density at radius 1 is 1.09 bits per heavy atom. The number of hydrogen-bond donors (Lipinski definition) is 1. The van der Waals surface area contributed by atoms with E-state index in [0.717, 1.165) is 63.4 Å². The Morgan fingerprint density at radius 2 is 1.77 bits per heavy atom. The van der Waals surface area contributed by atoms with Crippen molar-refractivity contribution in [3.8, 4) is 5.75 Å². The van der Waals surface area contributed by atoms with E-state index in [-0.39, 0.29) is 0 Å². The number of benzene rings is 1. The van der Waals surface area contributed by atoms with E-state index < -0.39 is 0 Å². The molecule has 0 unspecified atom stereocenters. The molecule has 0 radical (unpaired) electrons. The molecule has 0 amide bonds. The molecule has 124 valence electrons. The molecule has 0 saturated heterocycles. The second kappa shape index (κ2) is 11.1. The van der Waals surface area contributed by atoms with Crippen molar-refractivity contribution >= 4 is 5.84 Å². The van der Waals surface area contributed by atoms with E-state index in [2.05, 4.69) is 30.7 Å². The zero-order valence-corrected chi connectivity index (χ0v) is 14.3. The van der Waals surface area contributed by atoms with Crippen molar-refractivity contribution in [2.24, 2.45) is 10.7 Å². The van der Waals surface area contributed by atoms with Crippen molar-refractivity contribution in [1.82, 2.24) is 4.90 Å². The molecule has 0 heterocycles. The number of rotatable bonds is 11. The van der Waals surface area contributed by atoms with Crippen LogP contribution < -0.4 is 10.5 Å². The highest BCUT2D eigenvalue weighted by Gasteiger charge is 2.01. The number of unbranched alkanes of at least 4 members (excludes halogenated alkanes) is 1.